The summed E-state index contributed by atoms with van der Waals surface area (Å²) in [6.07, 6.45) is 12.7. The quantitative estimate of drug-likeness (QED) is 0.831. The number of nitrogens with zero attached hydrogens (tertiary/aromatic N) is 4. The maximum atomic E-state index is 12.1. The molecule has 1 aliphatic rings. The van der Waals surface area contributed by atoms with Gasteiger partial charge >= 0.3 is 6.03 Å². The van der Waals surface area contributed by atoms with E-state index >= 15 is 0 Å². The summed E-state index contributed by atoms with van der Waals surface area (Å²) >= 11 is 0. The third-order valence-corrected chi connectivity index (χ3v) is 3.79. The second-order valence-electron chi connectivity index (χ2n) is 5.45. The van der Waals surface area contributed by atoms with Crippen LogP contribution < -0.4 is 10.6 Å². The van der Waals surface area contributed by atoms with Crippen LogP contribution in [-0.2, 0) is 0 Å². The number of nitrogens with one attached hydrogen (secondary N) is 2. The number of carbonyl (C=O) groups excluding carboxylic acids is 1. The van der Waals surface area contributed by atoms with Gasteiger partial charge in [-0.1, -0.05) is 11.6 Å². The van der Waals surface area contributed by atoms with E-state index in [0.29, 0.717) is 18.1 Å². The molecule has 2 aromatic rings. The number of urea groups is 1. The Balaban J connectivity index is 1.55. The summed E-state index contributed by atoms with van der Waals surface area (Å²) in [5.74, 6) is 0.537. The van der Waals surface area contributed by atoms with Gasteiger partial charge in [-0.3, -0.25) is 0 Å². The zero-order valence-corrected chi connectivity index (χ0v) is 12.9. The van der Waals surface area contributed by atoms with Gasteiger partial charge in [0.15, 0.2) is 5.82 Å². The molecule has 0 radical (unpaired) electrons. The maximum Gasteiger partial charge on any atom is 0.319 e. The zero-order valence-electron chi connectivity index (χ0n) is 12.9. The summed E-state index contributed by atoms with van der Waals surface area (Å²) < 4.78 is 1.52. The molecule has 2 aromatic heterocycles. The molecular formula is C16H20N6O. The molecule has 0 saturated carbocycles. The van der Waals surface area contributed by atoms with Crippen LogP contribution in [0.2, 0.25) is 0 Å². The second-order valence-corrected chi connectivity index (χ2v) is 5.45. The SMILES string of the molecule is O=C(NCCC1=CCCCC1)Nc1cccnc1-n1cncn1. The van der Waals surface area contributed by atoms with E-state index in [0.717, 1.165) is 12.8 Å². The highest BCUT2D eigenvalue weighted by molar-refractivity contribution is 5.90. The van der Waals surface area contributed by atoms with Crippen LogP contribution in [0.4, 0.5) is 10.5 Å². The molecule has 0 fully saturated rings. The van der Waals surface area contributed by atoms with Gasteiger partial charge in [0, 0.05) is 12.7 Å². The van der Waals surface area contributed by atoms with Gasteiger partial charge in [0.1, 0.15) is 12.7 Å². The van der Waals surface area contributed by atoms with Crippen LogP contribution in [0.1, 0.15) is 32.1 Å². The van der Waals surface area contributed by atoms with Crippen LogP contribution >= 0.6 is 0 Å². The van der Waals surface area contributed by atoms with E-state index in [1.807, 2.05) is 0 Å². The first-order valence-corrected chi connectivity index (χ1v) is 7.86. The Morgan fingerprint density at radius 3 is 3.09 bits per heavy atom. The average Bonchev–Trinajstić information content (AvgIpc) is 3.11. The molecule has 3 rings (SSSR count). The Kier molecular flexibility index (Phi) is 4.98. The van der Waals surface area contributed by atoms with Crippen molar-refractivity contribution in [1.82, 2.24) is 25.1 Å². The molecule has 2 amide bonds. The van der Waals surface area contributed by atoms with Crippen molar-refractivity contribution < 1.29 is 4.79 Å². The molecule has 1 aliphatic carbocycles. The van der Waals surface area contributed by atoms with Crippen LogP contribution in [0.3, 0.4) is 0 Å². The van der Waals surface area contributed by atoms with Gasteiger partial charge in [-0.2, -0.15) is 5.10 Å². The molecule has 0 aromatic carbocycles. The molecular weight excluding hydrogens is 292 g/mol. The number of amides is 2. The number of allylic oxidation sites excluding steroid dienone is 1. The molecule has 7 nitrogen and oxygen atoms in total. The monoisotopic (exact) mass is 312 g/mol. The summed E-state index contributed by atoms with van der Waals surface area (Å²) in [4.78, 5) is 20.2. The Bertz CT molecular complexity index is 680. The van der Waals surface area contributed by atoms with Crippen molar-refractivity contribution in [1.29, 1.82) is 0 Å². The van der Waals surface area contributed by atoms with Crippen LogP contribution in [-0.4, -0.2) is 32.3 Å². The standard InChI is InChI=1S/C16H20N6O/c23-16(19-10-8-13-5-2-1-3-6-13)21-14-7-4-9-18-15(14)22-12-17-11-20-22/h4-5,7,9,11-12H,1-3,6,8,10H2,(H2,19,21,23). The fourth-order valence-electron chi connectivity index (χ4n) is 2.63. The third-order valence-electron chi connectivity index (χ3n) is 3.79. The van der Waals surface area contributed by atoms with E-state index < -0.39 is 0 Å². The van der Waals surface area contributed by atoms with Gasteiger partial charge in [-0.05, 0) is 44.2 Å². The summed E-state index contributed by atoms with van der Waals surface area (Å²) in [5.41, 5.74) is 2.04. The van der Waals surface area contributed by atoms with Gasteiger partial charge in [0.2, 0.25) is 0 Å². The van der Waals surface area contributed by atoms with Gasteiger partial charge in [-0.15, -0.1) is 0 Å². The highest BCUT2D eigenvalue weighted by Crippen LogP contribution is 2.19. The van der Waals surface area contributed by atoms with Gasteiger partial charge in [0.25, 0.3) is 0 Å². The summed E-state index contributed by atoms with van der Waals surface area (Å²) in [6.45, 7) is 0.636. The first-order chi connectivity index (χ1) is 11.3. The Hall–Kier alpha value is -2.70. The van der Waals surface area contributed by atoms with Gasteiger partial charge in [0.05, 0.1) is 5.69 Å². The van der Waals surface area contributed by atoms with E-state index in [-0.39, 0.29) is 6.03 Å². The first kappa shape index (κ1) is 15.2. The largest absolute Gasteiger partial charge is 0.338 e. The van der Waals surface area contributed by atoms with Crippen molar-refractivity contribution >= 4 is 11.7 Å². The fraction of sp³-hybridized carbons (Fsp3) is 0.375. The van der Waals surface area contributed by atoms with Gasteiger partial charge in [-0.25, -0.2) is 19.4 Å². The normalized spacial score (nSPS) is 14.2. The lowest BCUT2D eigenvalue weighted by atomic mass is 9.97. The van der Waals surface area contributed by atoms with Crippen LogP contribution in [0.25, 0.3) is 5.82 Å². The predicted molar refractivity (Wildman–Crippen MR) is 87.3 cm³/mol. The Morgan fingerprint density at radius 1 is 1.35 bits per heavy atom. The summed E-state index contributed by atoms with van der Waals surface area (Å²) in [7, 11) is 0. The van der Waals surface area contributed by atoms with Crippen LogP contribution in [0, 0.1) is 0 Å². The van der Waals surface area contributed by atoms with Crippen molar-refractivity contribution in [3.8, 4) is 5.82 Å². The third kappa shape index (κ3) is 4.15. The molecule has 0 spiro atoms. The molecule has 0 atom stereocenters. The van der Waals surface area contributed by atoms with Crippen molar-refractivity contribution in [2.24, 2.45) is 0 Å². The van der Waals surface area contributed by atoms with Crippen molar-refractivity contribution in [2.75, 3.05) is 11.9 Å². The molecule has 2 heterocycles. The molecule has 0 unspecified atom stereocenters. The molecule has 2 N–H and O–H groups in total. The minimum atomic E-state index is -0.240. The molecule has 23 heavy (non-hydrogen) atoms. The lowest BCUT2D eigenvalue weighted by Gasteiger charge is -2.14. The van der Waals surface area contributed by atoms with Crippen molar-refractivity contribution in [2.45, 2.75) is 32.1 Å². The number of anilines is 1. The molecule has 0 saturated heterocycles. The number of rotatable bonds is 5. The predicted octanol–water partition coefficient (Wildman–Crippen LogP) is 2.67. The Morgan fingerprint density at radius 2 is 2.30 bits per heavy atom. The Labute approximate surface area is 134 Å². The van der Waals surface area contributed by atoms with Crippen molar-refractivity contribution in [3.63, 3.8) is 0 Å². The number of pyridine rings is 1. The van der Waals surface area contributed by atoms with E-state index in [4.69, 9.17) is 0 Å². The number of carbonyl (C=O) groups is 1. The molecule has 0 aliphatic heterocycles. The molecule has 0 bridgehead atoms. The zero-order chi connectivity index (χ0) is 15.9. The van der Waals surface area contributed by atoms with Gasteiger partial charge < -0.3 is 10.6 Å². The second kappa shape index (κ2) is 7.53. The van der Waals surface area contributed by atoms with Crippen molar-refractivity contribution in [3.05, 3.63) is 42.6 Å². The minimum absolute atomic E-state index is 0.240. The van der Waals surface area contributed by atoms with E-state index in [1.54, 1.807) is 24.7 Å². The lowest BCUT2D eigenvalue weighted by molar-refractivity contribution is 0.252. The highest BCUT2D eigenvalue weighted by Gasteiger charge is 2.10. The van der Waals surface area contributed by atoms with E-state index in [2.05, 4.69) is 31.8 Å². The summed E-state index contributed by atoms with van der Waals surface area (Å²) in [6, 6.07) is 3.31. The number of aromatic nitrogens is 4. The minimum Gasteiger partial charge on any atom is -0.338 e. The maximum absolute atomic E-state index is 12.1. The number of hydrogen-bond donors (Lipinski definition) is 2. The fourth-order valence-corrected chi connectivity index (χ4v) is 2.63. The van der Waals surface area contributed by atoms with E-state index in [1.165, 1.54) is 35.8 Å². The summed E-state index contributed by atoms with van der Waals surface area (Å²) in [5, 5.41) is 9.74. The smallest absolute Gasteiger partial charge is 0.319 e. The topological polar surface area (TPSA) is 84.7 Å². The van der Waals surface area contributed by atoms with Crippen LogP contribution in [0.15, 0.2) is 42.6 Å². The van der Waals surface area contributed by atoms with E-state index in [9.17, 15) is 4.79 Å². The molecule has 7 heteroatoms. The van der Waals surface area contributed by atoms with Crippen LogP contribution in [0.5, 0.6) is 0 Å². The average molecular weight is 312 g/mol. The molecule has 120 valence electrons. The highest BCUT2D eigenvalue weighted by atomic mass is 16.2. The number of hydrogen-bond acceptors (Lipinski definition) is 4. The first-order valence-electron chi connectivity index (χ1n) is 7.86. The lowest BCUT2D eigenvalue weighted by Crippen LogP contribution is -2.30.